The van der Waals surface area contributed by atoms with Gasteiger partial charge in [0.25, 0.3) is 5.91 Å². The highest BCUT2D eigenvalue weighted by molar-refractivity contribution is 5.77. The van der Waals surface area contributed by atoms with E-state index in [9.17, 15) is 9.90 Å². The second-order valence-corrected chi connectivity index (χ2v) is 5.44. The molecule has 0 aliphatic heterocycles. The largest absolute Gasteiger partial charge is 0.483 e. The maximum atomic E-state index is 11.8. The van der Waals surface area contributed by atoms with Gasteiger partial charge in [0.2, 0.25) is 0 Å². The Labute approximate surface area is 125 Å². The molecule has 1 aromatic carbocycles. The molecule has 116 valence electrons. The van der Waals surface area contributed by atoms with Crippen LogP contribution in [0.1, 0.15) is 37.0 Å². The molecule has 2 rings (SSSR count). The molecule has 2 N–H and O–H groups in total. The fourth-order valence-electron chi connectivity index (χ4n) is 2.68. The van der Waals surface area contributed by atoms with Crippen molar-refractivity contribution in [3.8, 4) is 5.75 Å². The summed E-state index contributed by atoms with van der Waals surface area (Å²) < 4.78 is 10.6. The van der Waals surface area contributed by atoms with Crippen LogP contribution in [-0.4, -0.2) is 37.4 Å². The first-order valence-electron chi connectivity index (χ1n) is 7.32. The van der Waals surface area contributed by atoms with E-state index in [-0.39, 0.29) is 18.6 Å². The summed E-state index contributed by atoms with van der Waals surface area (Å²) >= 11 is 0. The maximum absolute atomic E-state index is 11.8. The molecule has 1 aromatic rings. The summed E-state index contributed by atoms with van der Waals surface area (Å²) in [7, 11) is 1.60. The molecule has 2 unspecified atom stereocenters. The number of aliphatic hydroxyl groups excluding tert-OH is 1. The monoisotopic (exact) mass is 293 g/mol. The number of ether oxygens (including phenoxy) is 2. The third-order valence-corrected chi connectivity index (χ3v) is 3.62. The highest BCUT2D eigenvalue weighted by Crippen LogP contribution is 2.35. The van der Waals surface area contributed by atoms with Crippen LogP contribution in [0, 0.1) is 0 Å². The SMILES string of the molecule is COCC(C)NC(=O)COc1cccc2c1CCCC2O. The van der Waals surface area contributed by atoms with Gasteiger partial charge in [0.05, 0.1) is 12.7 Å². The zero-order valence-electron chi connectivity index (χ0n) is 12.6. The molecular weight excluding hydrogens is 270 g/mol. The molecule has 0 heterocycles. The van der Waals surface area contributed by atoms with E-state index < -0.39 is 6.10 Å². The topological polar surface area (TPSA) is 67.8 Å². The van der Waals surface area contributed by atoms with Gasteiger partial charge in [-0.15, -0.1) is 0 Å². The molecule has 0 aromatic heterocycles. The number of rotatable bonds is 6. The quantitative estimate of drug-likeness (QED) is 0.836. The van der Waals surface area contributed by atoms with Crippen molar-refractivity contribution < 1.29 is 19.4 Å². The van der Waals surface area contributed by atoms with Crippen LogP contribution in [0.4, 0.5) is 0 Å². The van der Waals surface area contributed by atoms with Crippen molar-refractivity contribution in [3.63, 3.8) is 0 Å². The number of fused-ring (bicyclic) bond motifs is 1. The number of amides is 1. The Morgan fingerprint density at radius 2 is 2.33 bits per heavy atom. The summed E-state index contributed by atoms with van der Waals surface area (Å²) in [5, 5.41) is 12.8. The second kappa shape index (κ2) is 7.43. The average Bonchev–Trinajstić information content (AvgIpc) is 2.46. The van der Waals surface area contributed by atoms with Crippen LogP contribution in [0.15, 0.2) is 18.2 Å². The molecule has 1 aliphatic carbocycles. The first-order valence-corrected chi connectivity index (χ1v) is 7.32. The Hall–Kier alpha value is -1.59. The summed E-state index contributed by atoms with van der Waals surface area (Å²) in [6, 6.07) is 5.58. The minimum Gasteiger partial charge on any atom is -0.483 e. The van der Waals surface area contributed by atoms with Crippen molar-refractivity contribution in [3.05, 3.63) is 29.3 Å². The Morgan fingerprint density at radius 3 is 3.10 bits per heavy atom. The first kappa shape index (κ1) is 15.8. The summed E-state index contributed by atoms with van der Waals surface area (Å²) in [5.74, 6) is 0.523. The first-order chi connectivity index (χ1) is 10.1. The van der Waals surface area contributed by atoms with Crippen molar-refractivity contribution in [1.82, 2.24) is 5.32 Å². The van der Waals surface area contributed by atoms with Gasteiger partial charge in [-0.1, -0.05) is 12.1 Å². The van der Waals surface area contributed by atoms with Crippen LogP contribution < -0.4 is 10.1 Å². The number of carbonyl (C=O) groups excluding carboxylic acids is 1. The Bertz CT molecular complexity index is 489. The van der Waals surface area contributed by atoms with Crippen molar-refractivity contribution in [2.45, 2.75) is 38.3 Å². The summed E-state index contributed by atoms with van der Waals surface area (Å²) in [6.07, 6.45) is 2.18. The third kappa shape index (κ3) is 4.19. The van der Waals surface area contributed by atoms with E-state index in [1.165, 1.54) is 0 Å². The summed E-state index contributed by atoms with van der Waals surface area (Å²) in [4.78, 5) is 11.8. The van der Waals surface area contributed by atoms with Crippen molar-refractivity contribution in [2.24, 2.45) is 0 Å². The normalized spacial score (nSPS) is 18.7. The van der Waals surface area contributed by atoms with Crippen molar-refractivity contribution >= 4 is 5.91 Å². The van der Waals surface area contributed by atoms with E-state index in [4.69, 9.17) is 9.47 Å². The Kier molecular flexibility index (Phi) is 5.59. The van der Waals surface area contributed by atoms with Gasteiger partial charge in [-0.3, -0.25) is 4.79 Å². The predicted octanol–water partition coefficient (Wildman–Crippen LogP) is 1.59. The van der Waals surface area contributed by atoms with Gasteiger partial charge in [-0.25, -0.2) is 0 Å². The maximum Gasteiger partial charge on any atom is 0.258 e. The van der Waals surface area contributed by atoms with Crippen LogP contribution in [0.2, 0.25) is 0 Å². The number of hydrogen-bond donors (Lipinski definition) is 2. The smallest absolute Gasteiger partial charge is 0.258 e. The lowest BCUT2D eigenvalue weighted by Crippen LogP contribution is -2.38. The molecule has 2 atom stereocenters. The van der Waals surface area contributed by atoms with E-state index in [1.54, 1.807) is 7.11 Å². The minimum absolute atomic E-state index is 0.0272. The van der Waals surface area contributed by atoms with E-state index in [0.29, 0.717) is 12.4 Å². The molecular formula is C16H23NO4. The van der Waals surface area contributed by atoms with Gasteiger partial charge >= 0.3 is 0 Å². The number of aliphatic hydroxyl groups is 1. The van der Waals surface area contributed by atoms with E-state index >= 15 is 0 Å². The molecule has 0 fully saturated rings. The van der Waals surface area contributed by atoms with Crippen molar-refractivity contribution in [1.29, 1.82) is 0 Å². The fraction of sp³-hybridized carbons (Fsp3) is 0.562. The fourth-order valence-corrected chi connectivity index (χ4v) is 2.68. The lowest BCUT2D eigenvalue weighted by Gasteiger charge is -2.23. The van der Waals surface area contributed by atoms with E-state index in [0.717, 1.165) is 30.4 Å². The second-order valence-electron chi connectivity index (χ2n) is 5.44. The minimum atomic E-state index is -0.423. The predicted molar refractivity (Wildman–Crippen MR) is 79.3 cm³/mol. The van der Waals surface area contributed by atoms with Gasteiger partial charge in [0, 0.05) is 13.2 Å². The summed E-state index contributed by atoms with van der Waals surface area (Å²) in [6.45, 7) is 2.32. The van der Waals surface area contributed by atoms with Crippen LogP contribution >= 0.6 is 0 Å². The van der Waals surface area contributed by atoms with E-state index in [1.807, 2.05) is 25.1 Å². The van der Waals surface area contributed by atoms with Crippen LogP contribution in [0.5, 0.6) is 5.75 Å². The number of carbonyl (C=O) groups is 1. The van der Waals surface area contributed by atoms with Crippen LogP contribution in [0.25, 0.3) is 0 Å². The molecule has 5 heteroatoms. The number of nitrogens with one attached hydrogen (secondary N) is 1. The van der Waals surface area contributed by atoms with Crippen molar-refractivity contribution in [2.75, 3.05) is 20.3 Å². The number of hydrogen-bond acceptors (Lipinski definition) is 4. The molecule has 0 spiro atoms. The number of methoxy groups -OCH3 is 1. The van der Waals surface area contributed by atoms with Crippen LogP contribution in [0.3, 0.4) is 0 Å². The highest BCUT2D eigenvalue weighted by Gasteiger charge is 2.21. The molecule has 5 nitrogen and oxygen atoms in total. The van der Waals surface area contributed by atoms with Gasteiger partial charge in [0.1, 0.15) is 5.75 Å². The third-order valence-electron chi connectivity index (χ3n) is 3.62. The van der Waals surface area contributed by atoms with E-state index in [2.05, 4.69) is 5.32 Å². The van der Waals surface area contributed by atoms with Gasteiger partial charge < -0.3 is 19.9 Å². The zero-order chi connectivity index (χ0) is 15.2. The number of benzene rings is 1. The lowest BCUT2D eigenvalue weighted by molar-refractivity contribution is -0.124. The Balaban J connectivity index is 1.95. The summed E-state index contributed by atoms with van der Waals surface area (Å²) in [5.41, 5.74) is 1.95. The Morgan fingerprint density at radius 1 is 1.52 bits per heavy atom. The van der Waals surface area contributed by atoms with Crippen LogP contribution in [-0.2, 0) is 16.0 Å². The molecule has 0 saturated carbocycles. The van der Waals surface area contributed by atoms with Gasteiger partial charge in [0.15, 0.2) is 6.61 Å². The molecule has 0 bridgehead atoms. The molecule has 1 amide bonds. The molecule has 21 heavy (non-hydrogen) atoms. The van der Waals surface area contributed by atoms with Gasteiger partial charge in [-0.05, 0) is 43.4 Å². The zero-order valence-corrected chi connectivity index (χ0v) is 12.6. The standard InChI is InChI=1S/C16H23NO4/c1-11(9-20-2)17-16(19)10-21-15-8-4-5-12-13(15)6-3-7-14(12)18/h4-5,8,11,14,18H,3,6-7,9-10H2,1-2H3,(H,17,19). The molecule has 0 radical (unpaired) electrons. The highest BCUT2D eigenvalue weighted by atomic mass is 16.5. The lowest BCUT2D eigenvalue weighted by atomic mass is 9.89. The molecule has 1 aliphatic rings. The molecule has 0 saturated heterocycles. The average molecular weight is 293 g/mol. The van der Waals surface area contributed by atoms with Gasteiger partial charge in [-0.2, -0.15) is 0 Å².